The fraction of sp³-hybridized carbons (Fsp3) is 0.150. The van der Waals surface area contributed by atoms with Gasteiger partial charge in [0.2, 0.25) is 0 Å². The molecule has 0 heterocycles. The topological polar surface area (TPSA) is 23.8 Å². The summed E-state index contributed by atoms with van der Waals surface area (Å²) in [5.74, 6) is 0. The molecule has 0 saturated heterocycles. The van der Waals surface area contributed by atoms with Crippen LogP contribution in [-0.4, -0.2) is 0 Å². The summed E-state index contributed by atoms with van der Waals surface area (Å²) in [4.78, 5) is 0. The zero-order valence-corrected chi connectivity index (χ0v) is 12.1. The van der Waals surface area contributed by atoms with E-state index in [-0.39, 0.29) is 0 Å². The minimum atomic E-state index is -0.509. The summed E-state index contributed by atoms with van der Waals surface area (Å²) in [5.41, 5.74) is 1.76. The van der Waals surface area contributed by atoms with E-state index in [4.69, 9.17) is 0 Å². The highest BCUT2D eigenvalue weighted by Gasteiger charge is 2.27. The second kappa shape index (κ2) is 5.42. The third-order valence-corrected chi connectivity index (χ3v) is 4.03. The van der Waals surface area contributed by atoms with Gasteiger partial charge in [0.1, 0.15) is 0 Å². The molecule has 0 N–H and O–H groups in total. The van der Waals surface area contributed by atoms with Gasteiger partial charge in [-0.15, -0.1) is 0 Å². The first-order valence-electron chi connectivity index (χ1n) is 7.16. The molecule has 3 aromatic carbocycles. The first-order valence-corrected chi connectivity index (χ1v) is 7.16. The van der Waals surface area contributed by atoms with Crippen molar-refractivity contribution in [1.29, 1.82) is 5.26 Å². The molecule has 0 saturated carbocycles. The Morgan fingerprint density at radius 2 is 1.52 bits per heavy atom. The van der Waals surface area contributed by atoms with Crippen molar-refractivity contribution in [3.8, 4) is 6.07 Å². The molecule has 1 nitrogen and oxygen atoms in total. The van der Waals surface area contributed by atoms with Gasteiger partial charge < -0.3 is 0 Å². The molecule has 1 heteroatoms. The van der Waals surface area contributed by atoms with Crippen molar-refractivity contribution in [1.82, 2.24) is 0 Å². The standard InChI is InChI=1S/C20H17N/c1-20(15-21,14-16-7-3-2-4-8-16)19-12-11-17-9-5-6-10-18(17)13-19/h2-13H,14H2,1H3. The van der Waals surface area contributed by atoms with Gasteiger partial charge in [0, 0.05) is 0 Å². The summed E-state index contributed by atoms with van der Waals surface area (Å²) < 4.78 is 0. The highest BCUT2D eigenvalue weighted by Crippen LogP contribution is 2.30. The number of hydrogen-bond acceptors (Lipinski definition) is 1. The Labute approximate surface area is 125 Å². The third-order valence-electron chi connectivity index (χ3n) is 4.03. The Kier molecular flexibility index (Phi) is 3.46. The number of hydrogen-bond donors (Lipinski definition) is 0. The molecule has 1 atom stereocenters. The summed E-state index contributed by atoms with van der Waals surface area (Å²) in [6, 6.07) is 27.3. The van der Waals surface area contributed by atoms with Gasteiger partial charge in [-0.1, -0.05) is 66.7 Å². The molecule has 0 aliphatic rings. The van der Waals surface area contributed by atoms with Crippen molar-refractivity contribution in [3.05, 3.63) is 83.9 Å². The number of benzene rings is 3. The van der Waals surface area contributed by atoms with Crippen molar-refractivity contribution in [2.24, 2.45) is 0 Å². The average molecular weight is 271 g/mol. The zero-order valence-electron chi connectivity index (χ0n) is 12.1. The fourth-order valence-corrected chi connectivity index (χ4v) is 2.74. The molecule has 1 unspecified atom stereocenters. The summed E-state index contributed by atoms with van der Waals surface area (Å²) in [5, 5.41) is 12.1. The second-order valence-corrected chi connectivity index (χ2v) is 5.67. The maximum atomic E-state index is 9.72. The lowest BCUT2D eigenvalue weighted by molar-refractivity contribution is 0.607. The molecule has 0 aliphatic carbocycles. The summed E-state index contributed by atoms with van der Waals surface area (Å²) in [7, 11) is 0. The molecular formula is C20H17N. The molecule has 0 amide bonds. The van der Waals surface area contributed by atoms with Crippen LogP contribution in [0.5, 0.6) is 0 Å². The van der Waals surface area contributed by atoms with Crippen LogP contribution in [0.4, 0.5) is 0 Å². The maximum Gasteiger partial charge on any atom is 0.0834 e. The number of rotatable bonds is 3. The van der Waals surface area contributed by atoms with Gasteiger partial charge in [-0.25, -0.2) is 0 Å². The van der Waals surface area contributed by atoms with Crippen molar-refractivity contribution in [3.63, 3.8) is 0 Å². The van der Waals surface area contributed by atoms with Crippen molar-refractivity contribution < 1.29 is 0 Å². The monoisotopic (exact) mass is 271 g/mol. The van der Waals surface area contributed by atoms with Crippen LogP contribution in [0, 0.1) is 11.3 Å². The van der Waals surface area contributed by atoms with E-state index in [1.165, 1.54) is 16.3 Å². The van der Waals surface area contributed by atoms with E-state index >= 15 is 0 Å². The first kappa shape index (κ1) is 13.4. The van der Waals surface area contributed by atoms with Crippen molar-refractivity contribution in [2.75, 3.05) is 0 Å². The first-order chi connectivity index (χ1) is 10.2. The molecule has 102 valence electrons. The van der Waals surface area contributed by atoms with Gasteiger partial charge >= 0.3 is 0 Å². The lowest BCUT2D eigenvalue weighted by atomic mass is 9.78. The summed E-state index contributed by atoms with van der Waals surface area (Å²) in [6.07, 6.45) is 0.725. The molecule has 0 radical (unpaired) electrons. The van der Waals surface area contributed by atoms with Crippen molar-refractivity contribution >= 4 is 10.8 Å². The Bertz CT molecular complexity index is 799. The Morgan fingerprint density at radius 1 is 0.857 bits per heavy atom. The van der Waals surface area contributed by atoms with Crippen molar-refractivity contribution in [2.45, 2.75) is 18.8 Å². The lowest BCUT2D eigenvalue weighted by Crippen LogP contribution is -2.22. The average Bonchev–Trinajstić information content (AvgIpc) is 2.55. The largest absolute Gasteiger partial charge is 0.197 e. The Morgan fingerprint density at radius 3 is 2.24 bits per heavy atom. The SMILES string of the molecule is CC(C#N)(Cc1ccccc1)c1ccc2ccccc2c1. The van der Waals surface area contributed by atoms with Gasteiger partial charge in [-0.3, -0.25) is 0 Å². The van der Waals surface area contributed by atoms with Gasteiger partial charge in [0.15, 0.2) is 0 Å². The molecular weight excluding hydrogens is 254 g/mol. The molecule has 21 heavy (non-hydrogen) atoms. The number of nitriles is 1. The van der Waals surface area contributed by atoms with Gasteiger partial charge in [0.25, 0.3) is 0 Å². The summed E-state index contributed by atoms with van der Waals surface area (Å²) >= 11 is 0. The van der Waals surface area contributed by atoms with Gasteiger partial charge in [-0.2, -0.15) is 5.26 Å². The maximum absolute atomic E-state index is 9.72. The summed E-state index contributed by atoms with van der Waals surface area (Å²) in [6.45, 7) is 2.02. The predicted octanol–water partition coefficient (Wildman–Crippen LogP) is 4.86. The smallest absolute Gasteiger partial charge is 0.0834 e. The van der Waals surface area contributed by atoms with Crippen LogP contribution < -0.4 is 0 Å². The Balaban J connectivity index is 2.03. The minimum absolute atomic E-state index is 0.509. The quantitative estimate of drug-likeness (QED) is 0.667. The molecule has 0 bridgehead atoms. The highest BCUT2D eigenvalue weighted by molar-refractivity contribution is 5.83. The van der Waals surface area contributed by atoms with E-state index in [9.17, 15) is 5.26 Å². The van der Waals surface area contributed by atoms with Gasteiger partial charge in [0.05, 0.1) is 11.5 Å². The Hall–Kier alpha value is -2.59. The lowest BCUT2D eigenvalue weighted by Gasteiger charge is -2.22. The molecule has 3 rings (SSSR count). The van der Waals surface area contributed by atoms with Crippen LogP contribution in [0.2, 0.25) is 0 Å². The van der Waals surface area contributed by atoms with Crippen LogP contribution in [0.25, 0.3) is 10.8 Å². The molecule has 0 aliphatic heterocycles. The van der Waals surface area contributed by atoms with E-state index in [1.807, 2.05) is 37.3 Å². The molecule has 0 aromatic heterocycles. The van der Waals surface area contributed by atoms with E-state index in [2.05, 4.69) is 48.5 Å². The molecule has 0 spiro atoms. The third kappa shape index (κ3) is 2.66. The minimum Gasteiger partial charge on any atom is -0.197 e. The van der Waals surface area contributed by atoms with E-state index in [0.717, 1.165) is 12.0 Å². The van der Waals surface area contributed by atoms with Crippen LogP contribution >= 0.6 is 0 Å². The van der Waals surface area contributed by atoms with Crippen LogP contribution in [0.1, 0.15) is 18.1 Å². The van der Waals surface area contributed by atoms with Crippen LogP contribution in [-0.2, 0) is 11.8 Å². The van der Waals surface area contributed by atoms with Crippen LogP contribution in [0.3, 0.4) is 0 Å². The van der Waals surface area contributed by atoms with E-state index in [1.54, 1.807) is 0 Å². The fourth-order valence-electron chi connectivity index (χ4n) is 2.74. The zero-order chi connectivity index (χ0) is 14.7. The van der Waals surface area contributed by atoms with E-state index in [0.29, 0.717) is 0 Å². The van der Waals surface area contributed by atoms with Crippen LogP contribution in [0.15, 0.2) is 72.8 Å². The molecule has 0 fully saturated rings. The number of nitrogens with zero attached hydrogens (tertiary/aromatic N) is 1. The highest BCUT2D eigenvalue weighted by atomic mass is 14.4. The van der Waals surface area contributed by atoms with Gasteiger partial charge in [-0.05, 0) is 41.3 Å². The normalized spacial score (nSPS) is 13.5. The predicted molar refractivity (Wildman–Crippen MR) is 87.1 cm³/mol. The van der Waals surface area contributed by atoms with E-state index < -0.39 is 5.41 Å². The second-order valence-electron chi connectivity index (χ2n) is 5.67. The number of fused-ring (bicyclic) bond motifs is 1. The molecule has 3 aromatic rings.